The zero-order chi connectivity index (χ0) is 19.3. The minimum absolute atomic E-state index is 0.00431. The van der Waals surface area contributed by atoms with Crippen molar-refractivity contribution in [2.24, 2.45) is 0 Å². The van der Waals surface area contributed by atoms with Crippen molar-refractivity contribution in [3.8, 4) is 0 Å². The fourth-order valence-electron chi connectivity index (χ4n) is 3.67. The Morgan fingerprint density at radius 1 is 1.04 bits per heavy atom. The molecule has 4 rings (SSSR count). The van der Waals surface area contributed by atoms with Gasteiger partial charge in [-0.25, -0.2) is 0 Å². The van der Waals surface area contributed by atoms with Crippen LogP contribution in [0, 0.1) is 0 Å². The van der Waals surface area contributed by atoms with Gasteiger partial charge in [0.2, 0.25) is 0 Å². The second kappa shape index (κ2) is 8.53. The quantitative estimate of drug-likeness (QED) is 0.645. The lowest BCUT2D eigenvalue weighted by molar-refractivity contribution is 0.0700. The van der Waals surface area contributed by atoms with Gasteiger partial charge < -0.3 is 4.90 Å². The predicted molar refractivity (Wildman–Crippen MR) is 111 cm³/mol. The van der Waals surface area contributed by atoms with E-state index in [2.05, 4.69) is 17.1 Å². The lowest BCUT2D eigenvalue weighted by Gasteiger charge is -2.32. The monoisotopic (exact) mass is 391 g/mol. The van der Waals surface area contributed by atoms with Gasteiger partial charge in [-0.2, -0.15) is 0 Å². The number of piperidine rings is 1. The highest BCUT2D eigenvalue weighted by Gasteiger charge is 2.26. The zero-order valence-electron chi connectivity index (χ0n) is 15.6. The molecule has 2 aromatic heterocycles. The van der Waals surface area contributed by atoms with E-state index in [1.165, 1.54) is 11.1 Å². The summed E-state index contributed by atoms with van der Waals surface area (Å²) in [7, 11) is 0. The van der Waals surface area contributed by atoms with Crippen molar-refractivity contribution in [3.63, 3.8) is 0 Å². The average Bonchev–Trinajstić information content (AvgIpc) is 2.76. The van der Waals surface area contributed by atoms with Crippen molar-refractivity contribution in [2.45, 2.75) is 25.2 Å². The third-order valence-electron chi connectivity index (χ3n) is 5.18. The van der Waals surface area contributed by atoms with Crippen LogP contribution in [0.1, 0.15) is 46.1 Å². The van der Waals surface area contributed by atoms with Gasteiger partial charge in [-0.1, -0.05) is 35.9 Å². The minimum atomic E-state index is 0.00431. The molecule has 4 nitrogen and oxygen atoms in total. The number of amides is 1. The number of rotatable bonds is 4. The number of halogens is 1. The Kier molecular flexibility index (Phi) is 5.68. The first-order valence-corrected chi connectivity index (χ1v) is 9.96. The molecule has 28 heavy (non-hydrogen) atoms. The Hall–Kier alpha value is -2.72. The number of carbonyl (C=O) groups is 1. The van der Waals surface area contributed by atoms with Crippen LogP contribution in [0.3, 0.4) is 0 Å². The topological polar surface area (TPSA) is 46.1 Å². The van der Waals surface area contributed by atoms with Crippen molar-refractivity contribution in [1.82, 2.24) is 14.9 Å². The molecule has 0 bridgehead atoms. The number of likely N-dealkylation sites (tertiary alicyclic amines) is 1. The van der Waals surface area contributed by atoms with E-state index in [0.29, 0.717) is 12.2 Å². The summed E-state index contributed by atoms with van der Waals surface area (Å²) in [5, 5.41) is 0.749. The summed E-state index contributed by atoms with van der Waals surface area (Å²) in [5.74, 6) is 0.274. The summed E-state index contributed by atoms with van der Waals surface area (Å²) in [4.78, 5) is 23.5. The van der Waals surface area contributed by atoms with Crippen LogP contribution < -0.4 is 0 Å². The first-order chi connectivity index (χ1) is 13.7. The van der Waals surface area contributed by atoms with Crippen LogP contribution >= 0.6 is 11.6 Å². The van der Waals surface area contributed by atoms with Gasteiger partial charge >= 0.3 is 0 Å². The summed E-state index contributed by atoms with van der Waals surface area (Å²) in [6, 6.07) is 17.6. The molecule has 1 atom stereocenters. The molecule has 1 aliphatic heterocycles. The lowest BCUT2D eigenvalue weighted by atomic mass is 9.93. The molecule has 0 N–H and O–H groups in total. The fourth-order valence-corrected chi connectivity index (χ4v) is 3.80. The van der Waals surface area contributed by atoms with Crippen LogP contribution in [0.2, 0.25) is 5.02 Å². The van der Waals surface area contributed by atoms with Crippen LogP contribution in [0.25, 0.3) is 0 Å². The van der Waals surface area contributed by atoms with Crippen LogP contribution in [0.4, 0.5) is 0 Å². The summed E-state index contributed by atoms with van der Waals surface area (Å²) in [6.07, 6.45) is 6.48. The SMILES string of the molecule is O=C(c1ccccn1)N1CCC[C@@H](c2ccc(Cc3ccc(Cl)cc3)cn2)C1. The van der Waals surface area contributed by atoms with Crippen LogP contribution in [0.5, 0.6) is 0 Å². The average molecular weight is 392 g/mol. The largest absolute Gasteiger partial charge is 0.337 e. The molecule has 3 aromatic rings. The summed E-state index contributed by atoms with van der Waals surface area (Å²) in [6.45, 7) is 1.47. The zero-order valence-corrected chi connectivity index (χ0v) is 16.3. The Morgan fingerprint density at radius 3 is 2.57 bits per heavy atom. The van der Waals surface area contributed by atoms with Crippen LogP contribution in [-0.2, 0) is 6.42 Å². The number of pyridine rings is 2. The second-order valence-corrected chi connectivity index (χ2v) is 7.64. The molecule has 3 heterocycles. The maximum Gasteiger partial charge on any atom is 0.272 e. The third kappa shape index (κ3) is 4.39. The maximum atomic E-state index is 12.7. The number of nitrogens with zero attached hydrogens (tertiary/aromatic N) is 3. The molecule has 1 fully saturated rings. The number of carbonyl (C=O) groups excluding carboxylic acids is 1. The van der Waals surface area contributed by atoms with E-state index in [1.54, 1.807) is 12.3 Å². The second-order valence-electron chi connectivity index (χ2n) is 7.20. The van der Waals surface area contributed by atoms with Gasteiger partial charge in [-0.15, -0.1) is 0 Å². The molecule has 0 aliphatic carbocycles. The van der Waals surface area contributed by atoms with Crippen molar-refractivity contribution in [1.29, 1.82) is 0 Å². The van der Waals surface area contributed by atoms with Crippen molar-refractivity contribution >= 4 is 17.5 Å². The summed E-state index contributed by atoms with van der Waals surface area (Å²) >= 11 is 5.95. The van der Waals surface area contributed by atoms with Gasteiger partial charge in [-0.3, -0.25) is 14.8 Å². The minimum Gasteiger partial charge on any atom is -0.337 e. The molecule has 0 spiro atoms. The molecule has 1 saturated heterocycles. The van der Waals surface area contributed by atoms with E-state index >= 15 is 0 Å². The van der Waals surface area contributed by atoms with Gasteiger partial charge in [0.25, 0.3) is 5.91 Å². The van der Waals surface area contributed by atoms with Crippen molar-refractivity contribution in [3.05, 3.63) is 94.5 Å². The van der Waals surface area contributed by atoms with Gasteiger partial charge in [0.05, 0.1) is 0 Å². The highest BCUT2D eigenvalue weighted by atomic mass is 35.5. The molecule has 5 heteroatoms. The highest BCUT2D eigenvalue weighted by molar-refractivity contribution is 6.30. The number of hydrogen-bond acceptors (Lipinski definition) is 3. The van der Waals surface area contributed by atoms with Gasteiger partial charge in [0.15, 0.2) is 0 Å². The third-order valence-corrected chi connectivity index (χ3v) is 5.43. The fraction of sp³-hybridized carbons (Fsp3) is 0.261. The van der Waals surface area contributed by atoms with E-state index in [4.69, 9.17) is 16.6 Å². The standard InChI is InChI=1S/C23H22ClN3O/c24-20-9-6-17(7-10-20)14-18-8-11-21(26-15-18)19-4-3-13-27(16-19)23(28)22-5-1-2-12-25-22/h1-2,5-12,15,19H,3-4,13-14,16H2/t19-/m1/s1. The number of aromatic nitrogens is 2. The molecular weight excluding hydrogens is 370 g/mol. The maximum absolute atomic E-state index is 12.7. The first kappa shape index (κ1) is 18.6. The molecular formula is C23H22ClN3O. The molecule has 0 unspecified atom stereocenters. The van der Waals surface area contributed by atoms with E-state index in [0.717, 1.165) is 36.5 Å². The summed E-state index contributed by atoms with van der Waals surface area (Å²) in [5.41, 5.74) is 3.94. The molecule has 142 valence electrons. The molecule has 0 saturated carbocycles. The van der Waals surface area contributed by atoms with E-state index in [1.807, 2.05) is 47.5 Å². The molecule has 1 amide bonds. The van der Waals surface area contributed by atoms with Gasteiger partial charge in [0, 0.05) is 42.1 Å². The lowest BCUT2D eigenvalue weighted by Crippen LogP contribution is -2.39. The van der Waals surface area contributed by atoms with E-state index < -0.39 is 0 Å². The Labute approximate surface area is 170 Å². The highest BCUT2D eigenvalue weighted by Crippen LogP contribution is 2.26. The van der Waals surface area contributed by atoms with E-state index in [-0.39, 0.29) is 11.8 Å². The molecule has 1 aromatic carbocycles. The van der Waals surface area contributed by atoms with Crippen molar-refractivity contribution < 1.29 is 4.79 Å². The predicted octanol–water partition coefficient (Wildman–Crippen LogP) is 4.74. The van der Waals surface area contributed by atoms with Crippen LogP contribution in [0.15, 0.2) is 67.0 Å². The summed E-state index contributed by atoms with van der Waals surface area (Å²) < 4.78 is 0. The Morgan fingerprint density at radius 2 is 1.86 bits per heavy atom. The normalized spacial score (nSPS) is 16.8. The van der Waals surface area contributed by atoms with E-state index in [9.17, 15) is 4.79 Å². The smallest absolute Gasteiger partial charge is 0.272 e. The number of hydrogen-bond donors (Lipinski definition) is 0. The Bertz CT molecular complexity index is 926. The first-order valence-electron chi connectivity index (χ1n) is 9.58. The number of benzene rings is 1. The Balaban J connectivity index is 1.42. The van der Waals surface area contributed by atoms with Gasteiger partial charge in [0.1, 0.15) is 5.69 Å². The van der Waals surface area contributed by atoms with Crippen molar-refractivity contribution in [2.75, 3.05) is 13.1 Å². The molecule has 1 aliphatic rings. The van der Waals surface area contributed by atoms with Gasteiger partial charge in [-0.05, 0) is 60.7 Å². The van der Waals surface area contributed by atoms with Crippen LogP contribution in [-0.4, -0.2) is 33.9 Å². The molecule has 0 radical (unpaired) electrons.